The van der Waals surface area contributed by atoms with Crippen LogP contribution in [0.2, 0.25) is 0 Å². The van der Waals surface area contributed by atoms with E-state index < -0.39 is 6.08 Å². The van der Waals surface area contributed by atoms with E-state index in [1.54, 1.807) is 0 Å². The number of aromatic nitrogens is 4. The van der Waals surface area contributed by atoms with Gasteiger partial charge in [0.25, 0.3) is 0 Å². The number of imidazole rings is 1. The number of benzene rings is 1. The Morgan fingerprint density at radius 3 is 2.60 bits per heavy atom. The van der Waals surface area contributed by atoms with Gasteiger partial charge in [-0.25, -0.2) is 4.98 Å². The number of rotatable bonds is 8. The third kappa shape index (κ3) is 4.79. The number of halogens is 1. The van der Waals surface area contributed by atoms with Gasteiger partial charge in [0, 0.05) is 25.1 Å². The highest BCUT2D eigenvalue weighted by molar-refractivity contribution is 5.82. The lowest BCUT2D eigenvalue weighted by atomic mass is 10.0. The lowest BCUT2D eigenvalue weighted by Gasteiger charge is -2.21. The summed E-state index contributed by atoms with van der Waals surface area (Å²) < 4.78 is 33.6. The van der Waals surface area contributed by atoms with E-state index in [0.717, 1.165) is 29.2 Å². The monoisotopic (exact) mass is 480 g/mol. The van der Waals surface area contributed by atoms with Crippen LogP contribution in [0.25, 0.3) is 22.5 Å². The molecule has 4 aromatic rings. The second-order valence-corrected chi connectivity index (χ2v) is 9.07. The summed E-state index contributed by atoms with van der Waals surface area (Å²) in [7, 11) is 0. The number of hydrogen-bond acceptors (Lipinski definition) is 8. The third-order valence-electron chi connectivity index (χ3n) is 5.86. The van der Waals surface area contributed by atoms with Gasteiger partial charge >= 0.3 is 6.08 Å². The normalized spacial score (nSPS) is 13.2. The van der Waals surface area contributed by atoms with Gasteiger partial charge < -0.3 is 29.5 Å². The maximum absolute atomic E-state index is 14.1. The molecule has 0 bridgehead atoms. The average molecular weight is 481 g/mol. The van der Waals surface area contributed by atoms with Crippen molar-refractivity contribution in [2.75, 3.05) is 32.0 Å². The van der Waals surface area contributed by atoms with Gasteiger partial charge in [0.1, 0.15) is 30.6 Å². The van der Waals surface area contributed by atoms with Crippen molar-refractivity contribution >= 4 is 17.0 Å². The van der Waals surface area contributed by atoms with Crippen molar-refractivity contribution in [2.24, 2.45) is 5.92 Å². The SMILES string of the molecule is Cc1ccc(-c2cc3c(cc2Cc2nc4c(N)nc(F)nc4n2CCNCC(C)C)OCCO3)o1. The van der Waals surface area contributed by atoms with Crippen LogP contribution in [0.15, 0.2) is 28.7 Å². The van der Waals surface area contributed by atoms with Crippen molar-refractivity contribution in [3.05, 3.63) is 47.5 Å². The Labute approximate surface area is 202 Å². The second kappa shape index (κ2) is 9.53. The molecule has 0 unspecified atom stereocenters. The summed E-state index contributed by atoms with van der Waals surface area (Å²) in [5.41, 5.74) is 8.59. The van der Waals surface area contributed by atoms with Gasteiger partial charge in [-0.2, -0.15) is 14.4 Å². The number of aryl methyl sites for hydroxylation is 1. The predicted octanol–water partition coefficient (Wildman–Crippen LogP) is 3.72. The Bertz CT molecular complexity index is 1360. The average Bonchev–Trinajstić information content (AvgIpc) is 3.40. The fraction of sp³-hybridized carbons (Fsp3) is 0.400. The first-order valence-corrected chi connectivity index (χ1v) is 11.8. The molecule has 4 heterocycles. The van der Waals surface area contributed by atoms with Gasteiger partial charge in [-0.3, -0.25) is 0 Å². The summed E-state index contributed by atoms with van der Waals surface area (Å²) in [4.78, 5) is 12.4. The lowest BCUT2D eigenvalue weighted by molar-refractivity contribution is 0.171. The van der Waals surface area contributed by atoms with Gasteiger partial charge in [-0.15, -0.1) is 0 Å². The standard InChI is InChI=1S/C25H29FN6O3/c1-14(2)13-28-6-7-32-21(29-22-23(27)30-25(26)31-24(22)32)11-16-10-19-20(34-9-8-33-19)12-17(16)18-5-4-15(3)35-18/h4-5,10,12,14,28H,6-9,11,13H2,1-3H3,(H2,27,30,31). The van der Waals surface area contributed by atoms with E-state index in [1.165, 1.54) is 0 Å². The Morgan fingerprint density at radius 1 is 1.11 bits per heavy atom. The highest BCUT2D eigenvalue weighted by Gasteiger charge is 2.22. The molecule has 0 amide bonds. The molecule has 3 aromatic heterocycles. The molecule has 184 valence electrons. The van der Waals surface area contributed by atoms with Crippen LogP contribution in [0.5, 0.6) is 11.5 Å². The number of nitrogens with two attached hydrogens (primary N) is 1. The van der Waals surface area contributed by atoms with Gasteiger partial charge in [0.15, 0.2) is 28.5 Å². The van der Waals surface area contributed by atoms with E-state index in [9.17, 15) is 4.39 Å². The molecule has 10 heteroatoms. The van der Waals surface area contributed by atoms with Crippen molar-refractivity contribution < 1.29 is 18.3 Å². The largest absolute Gasteiger partial charge is 0.486 e. The topological polar surface area (TPSA) is 113 Å². The van der Waals surface area contributed by atoms with Crippen LogP contribution in [-0.2, 0) is 13.0 Å². The molecule has 0 saturated carbocycles. The number of anilines is 1. The zero-order chi connectivity index (χ0) is 24.5. The molecule has 0 spiro atoms. The number of nitrogens with zero attached hydrogens (tertiary/aromatic N) is 4. The number of fused-ring (bicyclic) bond motifs is 2. The van der Waals surface area contributed by atoms with Crippen molar-refractivity contribution in [1.82, 2.24) is 24.8 Å². The Balaban J connectivity index is 1.58. The zero-order valence-corrected chi connectivity index (χ0v) is 20.1. The van der Waals surface area contributed by atoms with E-state index in [0.29, 0.717) is 67.1 Å². The molecule has 9 nitrogen and oxygen atoms in total. The van der Waals surface area contributed by atoms with E-state index in [1.807, 2.05) is 35.8 Å². The molecule has 35 heavy (non-hydrogen) atoms. The van der Waals surface area contributed by atoms with E-state index in [2.05, 4.69) is 29.1 Å². The van der Waals surface area contributed by atoms with Gasteiger partial charge in [-0.05, 0) is 49.2 Å². The minimum Gasteiger partial charge on any atom is -0.486 e. The van der Waals surface area contributed by atoms with Crippen molar-refractivity contribution in [1.29, 1.82) is 0 Å². The van der Waals surface area contributed by atoms with Crippen LogP contribution >= 0.6 is 0 Å². The molecular weight excluding hydrogens is 451 g/mol. The minimum atomic E-state index is -0.871. The number of hydrogen-bond donors (Lipinski definition) is 2. The maximum Gasteiger partial charge on any atom is 0.312 e. The van der Waals surface area contributed by atoms with E-state index in [-0.39, 0.29) is 5.82 Å². The summed E-state index contributed by atoms with van der Waals surface area (Å²) in [5, 5.41) is 3.42. The van der Waals surface area contributed by atoms with Crippen molar-refractivity contribution in [3.63, 3.8) is 0 Å². The number of nitrogens with one attached hydrogen (secondary N) is 1. The fourth-order valence-electron chi connectivity index (χ4n) is 4.25. The third-order valence-corrected chi connectivity index (χ3v) is 5.86. The smallest absolute Gasteiger partial charge is 0.312 e. The number of furan rings is 1. The summed E-state index contributed by atoms with van der Waals surface area (Å²) in [5.74, 6) is 4.11. The quantitative estimate of drug-likeness (QED) is 0.290. The highest BCUT2D eigenvalue weighted by atomic mass is 19.1. The summed E-state index contributed by atoms with van der Waals surface area (Å²) in [6.45, 7) is 9.27. The lowest BCUT2D eigenvalue weighted by Crippen LogP contribution is -2.25. The Hall–Kier alpha value is -3.66. The van der Waals surface area contributed by atoms with Crippen LogP contribution in [-0.4, -0.2) is 45.8 Å². The molecule has 1 aliphatic heterocycles. The van der Waals surface area contributed by atoms with Crippen molar-refractivity contribution in [2.45, 2.75) is 33.7 Å². The van der Waals surface area contributed by atoms with Crippen LogP contribution in [0.4, 0.5) is 10.2 Å². The maximum atomic E-state index is 14.1. The predicted molar refractivity (Wildman–Crippen MR) is 130 cm³/mol. The van der Waals surface area contributed by atoms with Crippen LogP contribution < -0.4 is 20.5 Å². The van der Waals surface area contributed by atoms with Crippen molar-refractivity contribution in [3.8, 4) is 22.8 Å². The Morgan fingerprint density at radius 2 is 1.89 bits per heavy atom. The van der Waals surface area contributed by atoms with E-state index >= 15 is 0 Å². The molecule has 3 N–H and O–H groups in total. The first kappa shape index (κ1) is 23.1. The zero-order valence-electron chi connectivity index (χ0n) is 20.1. The summed E-state index contributed by atoms with van der Waals surface area (Å²) in [6.07, 6.45) is -0.447. The Kier molecular flexibility index (Phi) is 6.29. The van der Waals surface area contributed by atoms with Gasteiger partial charge in [-0.1, -0.05) is 13.8 Å². The van der Waals surface area contributed by atoms with Crippen LogP contribution in [0.3, 0.4) is 0 Å². The van der Waals surface area contributed by atoms with E-state index in [4.69, 9.17) is 24.6 Å². The molecule has 0 radical (unpaired) electrons. The first-order chi connectivity index (χ1) is 16.9. The first-order valence-electron chi connectivity index (χ1n) is 11.8. The molecule has 0 atom stereocenters. The highest BCUT2D eigenvalue weighted by Crippen LogP contribution is 2.39. The van der Waals surface area contributed by atoms with Crippen LogP contribution in [0, 0.1) is 18.9 Å². The fourth-order valence-corrected chi connectivity index (χ4v) is 4.25. The second-order valence-electron chi connectivity index (χ2n) is 9.07. The van der Waals surface area contributed by atoms with Crippen LogP contribution in [0.1, 0.15) is 31.0 Å². The molecule has 0 saturated heterocycles. The number of nitrogen functional groups attached to an aromatic ring is 1. The summed E-state index contributed by atoms with van der Waals surface area (Å²) >= 11 is 0. The molecular formula is C25H29FN6O3. The molecule has 0 aliphatic carbocycles. The van der Waals surface area contributed by atoms with Gasteiger partial charge in [0.05, 0.1) is 0 Å². The molecule has 1 aliphatic rings. The molecule has 1 aromatic carbocycles. The summed E-state index contributed by atoms with van der Waals surface area (Å²) in [6, 6.07) is 7.75. The minimum absolute atomic E-state index is 0.0201. The van der Waals surface area contributed by atoms with Gasteiger partial charge in [0.2, 0.25) is 0 Å². The number of ether oxygens (including phenoxy) is 2. The molecule has 5 rings (SSSR count). The molecule has 0 fully saturated rings.